The first kappa shape index (κ1) is 27.2. The minimum Gasteiger partial charge on any atom is -0.449 e. The summed E-state index contributed by atoms with van der Waals surface area (Å²) in [5.74, 6) is -5.19. The summed E-state index contributed by atoms with van der Waals surface area (Å²) in [6.45, 7) is 3.43. The fourth-order valence-corrected chi connectivity index (χ4v) is 5.17. The fraction of sp³-hybridized carbons (Fsp3) is 0.333. The Morgan fingerprint density at radius 3 is 2.46 bits per heavy atom. The lowest BCUT2D eigenvalue weighted by Gasteiger charge is -2.37. The zero-order valence-electron chi connectivity index (χ0n) is 21.1. The zero-order chi connectivity index (χ0) is 27.9. The summed E-state index contributed by atoms with van der Waals surface area (Å²) < 4.78 is 69.3. The standard InChI is InChI=1S/C27H25ClF4N4O3/c1-27(26(37)33-13-17-14-35(2)9-10-38-17)24(22-7-8-23(28)39-22)25(18-5-3-15(29)11-19(18)31)34-36(27)21-6-4-16(30)12-20(21)32/h3-8,11-12,17,24H,9-10,13-14H2,1-2H3,(H,33,37)/t17-,24?,27-/m0/s1. The third-order valence-electron chi connectivity index (χ3n) is 7.00. The first-order valence-corrected chi connectivity index (χ1v) is 12.6. The number of benzene rings is 2. The largest absolute Gasteiger partial charge is 0.449 e. The molecule has 3 atom stereocenters. The Labute approximate surface area is 227 Å². The molecule has 1 unspecified atom stereocenters. The molecular weight excluding hydrogens is 540 g/mol. The summed E-state index contributed by atoms with van der Waals surface area (Å²) in [6, 6.07) is 8.66. The normalized spacial score (nSPS) is 23.7. The topological polar surface area (TPSA) is 70.3 Å². The van der Waals surface area contributed by atoms with Crippen LogP contribution < -0.4 is 10.3 Å². The zero-order valence-corrected chi connectivity index (χ0v) is 21.8. The number of carbonyl (C=O) groups is 1. The predicted molar refractivity (Wildman–Crippen MR) is 137 cm³/mol. The first-order valence-electron chi connectivity index (χ1n) is 12.2. The smallest absolute Gasteiger partial charge is 0.249 e. The summed E-state index contributed by atoms with van der Waals surface area (Å²) in [7, 11) is 1.93. The van der Waals surface area contributed by atoms with Crippen LogP contribution in [0.5, 0.6) is 0 Å². The van der Waals surface area contributed by atoms with Gasteiger partial charge in [0.25, 0.3) is 0 Å². The first-order chi connectivity index (χ1) is 18.6. The Hall–Kier alpha value is -3.41. The number of nitrogens with zero attached hydrogens (tertiary/aromatic N) is 3. The molecule has 1 aromatic heterocycles. The maximum Gasteiger partial charge on any atom is 0.249 e. The molecule has 1 fully saturated rings. The van der Waals surface area contributed by atoms with E-state index < -0.39 is 40.6 Å². The van der Waals surface area contributed by atoms with Gasteiger partial charge >= 0.3 is 0 Å². The Morgan fingerprint density at radius 1 is 1.10 bits per heavy atom. The van der Waals surface area contributed by atoms with Crippen molar-refractivity contribution in [1.29, 1.82) is 0 Å². The molecule has 1 saturated heterocycles. The van der Waals surface area contributed by atoms with Crippen LogP contribution in [0, 0.1) is 23.3 Å². The quantitative estimate of drug-likeness (QED) is 0.440. The Balaban J connectivity index is 1.63. The van der Waals surface area contributed by atoms with Crippen LogP contribution >= 0.6 is 11.6 Å². The van der Waals surface area contributed by atoms with E-state index >= 15 is 8.78 Å². The molecule has 39 heavy (non-hydrogen) atoms. The number of likely N-dealkylation sites (N-methyl/N-ethyl adjacent to an activating group) is 1. The van der Waals surface area contributed by atoms with E-state index in [2.05, 4.69) is 15.3 Å². The van der Waals surface area contributed by atoms with Gasteiger partial charge < -0.3 is 19.4 Å². The van der Waals surface area contributed by atoms with Gasteiger partial charge in [-0.2, -0.15) is 5.10 Å². The summed E-state index contributed by atoms with van der Waals surface area (Å²) in [5, 5.41) is 8.41. The molecule has 2 aliphatic heterocycles. The van der Waals surface area contributed by atoms with Crippen molar-refractivity contribution in [2.24, 2.45) is 5.10 Å². The molecule has 0 saturated carbocycles. The van der Waals surface area contributed by atoms with E-state index in [1.165, 1.54) is 25.1 Å². The van der Waals surface area contributed by atoms with E-state index in [1.54, 1.807) is 0 Å². The number of anilines is 1. The van der Waals surface area contributed by atoms with Gasteiger partial charge in [-0.25, -0.2) is 22.6 Å². The molecule has 206 valence electrons. The molecule has 7 nitrogen and oxygen atoms in total. The van der Waals surface area contributed by atoms with E-state index in [4.69, 9.17) is 20.8 Å². The number of amides is 1. The fourth-order valence-electron chi connectivity index (χ4n) is 5.02. The maximum atomic E-state index is 15.1. The van der Waals surface area contributed by atoms with Crippen molar-refractivity contribution in [2.75, 3.05) is 38.3 Å². The molecule has 0 spiro atoms. The predicted octanol–water partition coefficient (Wildman–Crippen LogP) is 4.70. The molecule has 1 N–H and O–H groups in total. The number of carbonyl (C=O) groups excluding carboxylic acids is 1. The number of hydrazone groups is 1. The number of morpholine rings is 1. The average molecular weight is 565 g/mol. The number of ether oxygens (including phenoxy) is 1. The minimum absolute atomic E-state index is 0.00302. The Morgan fingerprint density at radius 2 is 1.82 bits per heavy atom. The second-order valence-electron chi connectivity index (χ2n) is 9.70. The average Bonchev–Trinajstić information content (AvgIpc) is 3.43. The second kappa shape index (κ2) is 10.6. The summed E-state index contributed by atoms with van der Waals surface area (Å²) in [6.07, 6.45) is -0.305. The van der Waals surface area contributed by atoms with Crippen LogP contribution in [0.4, 0.5) is 23.2 Å². The van der Waals surface area contributed by atoms with Crippen molar-refractivity contribution in [3.8, 4) is 0 Å². The molecule has 2 aliphatic rings. The van der Waals surface area contributed by atoms with Crippen molar-refractivity contribution in [2.45, 2.75) is 24.5 Å². The van der Waals surface area contributed by atoms with E-state index in [-0.39, 0.29) is 40.6 Å². The molecule has 0 radical (unpaired) electrons. The van der Waals surface area contributed by atoms with Crippen LogP contribution in [-0.4, -0.2) is 61.5 Å². The van der Waals surface area contributed by atoms with Crippen molar-refractivity contribution >= 4 is 28.9 Å². The molecule has 3 heterocycles. The molecule has 5 rings (SSSR count). The molecule has 12 heteroatoms. The SMILES string of the molecule is CN1CCO[C@@H](CNC(=O)[C@]2(C)C(c3ccc(Cl)o3)C(c3ccc(F)cc3F)=NN2c2ccc(F)cc2F)C1. The molecule has 2 aromatic carbocycles. The lowest BCUT2D eigenvalue weighted by atomic mass is 9.78. The number of halogens is 5. The monoisotopic (exact) mass is 564 g/mol. The van der Waals surface area contributed by atoms with Crippen molar-refractivity contribution in [3.05, 3.63) is 88.3 Å². The number of rotatable bonds is 6. The summed E-state index contributed by atoms with van der Waals surface area (Å²) >= 11 is 6.06. The van der Waals surface area contributed by atoms with Crippen molar-refractivity contribution < 1.29 is 31.5 Å². The summed E-state index contributed by atoms with van der Waals surface area (Å²) in [5.41, 5.74) is -2.16. The van der Waals surface area contributed by atoms with Crippen LogP contribution in [0.3, 0.4) is 0 Å². The second-order valence-corrected chi connectivity index (χ2v) is 10.1. The summed E-state index contributed by atoms with van der Waals surface area (Å²) in [4.78, 5) is 16.1. The van der Waals surface area contributed by atoms with E-state index in [9.17, 15) is 13.6 Å². The van der Waals surface area contributed by atoms with Gasteiger partial charge in [0.15, 0.2) is 16.6 Å². The van der Waals surface area contributed by atoms with Crippen LogP contribution in [0.2, 0.25) is 5.22 Å². The molecule has 0 bridgehead atoms. The lowest BCUT2D eigenvalue weighted by Crippen LogP contribution is -2.58. The van der Waals surface area contributed by atoms with Gasteiger partial charge in [0, 0.05) is 37.3 Å². The maximum absolute atomic E-state index is 15.1. The van der Waals surface area contributed by atoms with Gasteiger partial charge in [0.05, 0.1) is 30.0 Å². The Kier molecular flexibility index (Phi) is 7.41. The van der Waals surface area contributed by atoms with Gasteiger partial charge in [0.2, 0.25) is 5.91 Å². The number of nitrogens with one attached hydrogen (secondary N) is 1. The molecule has 1 amide bonds. The highest BCUT2D eigenvalue weighted by molar-refractivity contribution is 6.28. The highest BCUT2D eigenvalue weighted by Crippen LogP contribution is 2.46. The third kappa shape index (κ3) is 5.13. The van der Waals surface area contributed by atoms with E-state index in [1.807, 2.05) is 7.05 Å². The van der Waals surface area contributed by atoms with Gasteiger partial charge in [-0.3, -0.25) is 4.79 Å². The third-order valence-corrected chi connectivity index (χ3v) is 7.20. The minimum atomic E-state index is -1.77. The molecule has 3 aromatic rings. The van der Waals surface area contributed by atoms with Crippen molar-refractivity contribution in [1.82, 2.24) is 10.2 Å². The van der Waals surface area contributed by atoms with Crippen LogP contribution in [0.25, 0.3) is 0 Å². The molecular formula is C27H25ClF4N4O3. The number of furan rings is 1. The van der Waals surface area contributed by atoms with Gasteiger partial charge in [0.1, 0.15) is 23.2 Å². The van der Waals surface area contributed by atoms with Crippen molar-refractivity contribution in [3.63, 3.8) is 0 Å². The number of hydrogen-bond donors (Lipinski definition) is 1. The van der Waals surface area contributed by atoms with Crippen LogP contribution in [-0.2, 0) is 9.53 Å². The highest BCUT2D eigenvalue weighted by atomic mass is 35.5. The highest BCUT2D eigenvalue weighted by Gasteiger charge is 2.57. The van der Waals surface area contributed by atoms with Gasteiger partial charge in [-0.1, -0.05) is 0 Å². The Bertz CT molecular complexity index is 1430. The van der Waals surface area contributed by atoms with E-state index in [0.717, 1.165) is 29.8 Å². The number of hydrogen-bond acceptors (Lipinski definition) is 6. The van der Waals surface area contributed by atoms with Gasteiger partial charge in [-0.05, 0) is 62.0 Å². The van der Waals surface area contributed by atoms with Gasteiger partial charge in [-0.15, -0.1) is 0 Å². The lowest BCUT2D eigenvalue weighted by molar-refractivity contribution is -0.127. The van der Waals surface area contributed by atoms with Crippen LogP contribution in [0.1, 0.15) is 24.2 Å². The van der Waals surface area contributed by atoms with Crippen LogP contribution in [0.15, 0.2) is 58.0 Å². The van der Waals surface area contributed by atoms with E-state index in [0.29, 0.717) is 25.3 Å². The molecule has 0 aliphatic carbocycles.